The summed E-state index contributed by atoms with van der Waals surface area (Å²) in [6, 6.07) is 3.89. The van der Waals surface area contributed by atoms with Gasteiger partial charge >= 0.3 is 5.97 Å². The highest BCUT2D eigenvalue weighted by molar-refractivity contribution is 6.31. The standard InChI is InChI=1S/C13H13ClN2O5/c14-9-3-4-11(16(20)21)10(6-9)15-12(17)7-1-2-8(5-7)13(18)19/h3-4,6-8H,1-2,5H2,(H,15,17)(H,18,19). The van der Waals surface area contributed by atoms with Crippen molar-refractivity contribution in [2.24, 2.45) is 11.8 Å². The molecule has 1 aromatic carbocycles. The monoisotopic (exact) mass is 312 g/mol. The lowest BCUT2D eigenvalue weighted by molar-refractivity contribution is -0.383. The summed E-state index contributed by atoms with van der Waals surface area (Å²) < 4.78 is 0. The summed E-state index contributed by atoms with van der Waals surface area (Å²) in [4.78, 5) is 33.3. The molecule has 1 amide bonds. The molecule has 0 saturated heterocycles. The number of carboxylic acids is 1. The first-order valence-corrected chi connectivity index (χ1v) is 6.74. The van der Waals surface area contributed by atoms with E-state index in [1.54, 1.807) is 0 Å². The Balaban J connectivity index is 2.12. The van der Waals surface area contributed by atoms with E-state index in [2.05, 4.69) is 5.32 Å². The van der Waals surface area contributed by atoms with E-state index in [1.807, 2.05) is 0 Å². The van der Waals surface area contributed by atoms with Gasteiger partial charge in [-0.1, -0.05) is 11.6 Å². The van der Waals surface area contributed by atoms with Gasteiger partial charge in [-0.25, -0.2) is 0 Å². The van der Waals surface area contributed by atoms with E-state index in [-0.39, 0.29) is 22.8 Å². The number of benzene rings is 1. The maximum atomic E-state index is 12.1. The molecule has 1 fully saturated rings. The minimum absolute atomic E-state index is 0.0243. The van der Waals surface area contributed by atoms with Crippen LogP contribution in [0.25, 0.3) is 0 Å². The van der Waals surface area contributed by atoms with Gasteiger partial charge in [-0.05, 0) is 31.4 Å². The van der Waals surface area contributed by atoms with Gasteiger partial charge in [-0.3, -0.25) is 19.7 Å². The minimum atomic E-state index is -0.918. The van der Waals surface area contributed by atoms with Crippen molar-refractivity contribution in [3.05, 3.63) is 33.3 Å². The van der Waals surface area contributed by atoms with Crippen LogP contribution in [0.1, 0.15) is 19.3 Å². The molecule has 112 valence electrons. The van der Waals surface area contributed by atoms with Crippen molar-refractivity contribution in [1.29, 1.82) is 0 Å². The van der Waals surface area contributed by atoms with Crippen LogP contribution < -0.4 is 5.32 Å². The van der Waals surface area contributed by atoms with Crippen LogP contribution in [-0.2, 0) is 9.59 Å². The van der Waals surface area contributed by atoms with Crippen molar-refractivity contribution >= 4 is 34.9 Å². The largest absolute Gasteiger partial charge is 0.481 e. The van der Waals surface area contributed by atoms with Crippen molar-refractivity contribution in [2.45, 2.75) is 19.3 Å². The number of hydrogen-bond donors (Lipinski definition) is 2. The number of amides is 1. The zero-order valence-corrected chi connectivity index (χ0v) is 11.7. The molecule has 1 saturated carbocycles. The molecule has 0 heterocycles. The molecule has 2 atom stereocenters. The van der Waals surface area contributed by atoms with Crippen molar-refractivity contribution in [3.63, 3.8) is 0 Å². The molecule has 2 N–H and O–H groups in total. The lowest BCUT2D eigenvalue weighted by Crippen LogP contribution is -2.22. The minimum Gasteiger partial charge on any atom is -0.481 e. The Hall–Kier alpha value is -2.15. The van der Waals surface area contributed by atoms with Crippen LogP contribution in [0, 0.1) is 22.0 Å². The summed E-state index contributed by atoms with van der Waals surface area (Å²) in [6.07, 6.45) is 1.14. The first kappa shape index (κ1) is 15.2. The normalized spacial score (nSPS) is 21.0. The molecular weight excluding hydrogens is 300 g/mol. The Bertz CT molecular complexity index is 604. The third-order valence-corrected chi connectivity index (χ3v) is 3.80. The molecule has 8 heteroatoms. The molecule has 0 bridgehead atoms. The molecule has 1 aromatic rings. The van der Waals surface area contributed by atoms with E-state index < -0.39 is 28.6 Å². The van der Waals surface area contributed by atoms with Crippen LogP contribution >= 0.6 is 11.6 Å². The Morgan fingerprint density at radius 2 is 2.00 bits per heavy atom. The topological polar surface area (TPSA) is 110 Å². The maximum Gasteiger partial charge on any atom is 0.306 e. The third-order valence-electron chi connectivity index (χ3n) is 3.57. The molecular formula is C13H13ClN2O5. The number of halogens is 1. The molecule has 0 spiro atoms. The summed E-state index contributed by atoms with van der Waals surface area (Å²) in [5.74, 6) is -2.32. The van der Waals surface area contributed by atoms with Crippen LogP contribution in [0.15, 0.2) is 18.2 Å². The molecule has 21 heavy (non-hydrogen) atoms. The predicted molar refractivity (Wildman–Crippen MR) is 75.2 cm³/mol. The molecule has 1 aliphatic carbocycles. The molecule has 2 rings (SSSR count). The van der Waals surface area contributed by atoms with Gasteiger partial charge in [0.2, 0.25) is 5.91 Å². The highest BCUT2D eigenvalue weighted by atomic mass is 35.5. The third kappa shape index (κ3) is 3.49. The number of nitrogens with one attached hydrogen (secondary N) is 1. The Morgan fingerprint density at radius 3 is 2.57 bits per heavy atom. The second-order valence-electron chi connectivity index (χ2n) is 4.95. The van der Waals surface area contributed by atoms with Gasteiger partial charge in [0.15, 0.2) is 0 Å². The van der Waals surface area contributed by atoms with E-state index in [4.69, 9.17) is 16.7 Å². The maximum absolute atomic E-state index is 12.1. The number of carbonyl (C=O) groups excluding carboxylic acids is 1. The van der Waals surface area contributed by atoms with E-state index in [9.17, 15) is 19.7 Å². The first-order valence-electron chi connectivity index (χ1n) is 6.36. The highest BCUT2D eigenvalue weighted by Crippen LogP contribution is 2.33. The van der Waals surface area contributed by atoms with Gasteiger partial charge in [-0.2, -0.15) is 0 Å². The second-order valence-corrected chi connectivity index (χ2v) is 5.39. The van der Waals surface area contributed by atoms with Crippen molar-refractivity contribution in [1.82, 2.24) is 0 Å². The molecule has 0 radical (unpaired) electrons. The molecule has 0 aromatic heterocycles. The van der Waals surface area contributed by atoms with E-state index in [0.29, 0.717) is 12.8 Å². The van der Waals surface area contributed by atoms with Gasteiger partial charge < -0.3 is 10.4 Å². The number of rotatable bonds is 4. The van der Waals surface area contributed by atoms with Crippen molar-refractivity contribution in [3.8, 4) is 0 Å². The fourth-order valence-electron chi connectivity index (χ4n) is 2.45. The number of carbonyl (C=O) groups is 2. The van der Waals surface area contributed by atoms with Gasteiger partial charge in [0.1, 0.15) is 5.69 Å². The van der Waals surface area contributed by atoms with Gasteiger partial charge in [0.25, 0.3) is 5.69 Å². The van der Waals surface area contributed by atoms with E-state index in [0.717, 1.165) is 0 Å². The van der Waals surface area contributed by atoms with Crippen LogP contribution in [0.2, 0.25) is 5.02 Å². The van der Waals surface area contributed by atoms with Crippen LogP contribution in [-0.4, -0.2) is 21.9 Å². The Morgan fingerprint density at radius 1 is 1.33 bits per heavy atom. The number of aliphatic carboxylic acids is 1. The highest BCUT2D eigenvalue weighted by Gasteiger charge is 2.34. The Kier molecular flexibility index (Phi) is 4.42. The number of nitrogens with zero attached hydrogens (tertiary/aromatic N) is 1. The number of nitro benzene ring substituents is 1. The Labute approximate surface area is 125 Å². The summed E-state index contributed by atoms with van der Waals surface area (Å²) in [7, 11) is 0. The zero-order valence-electron chi connectivity index (χ0n) is 10.9. The van der Waals surface area contributed by atoms with Gasteiger partial charge in [-0.15, -0.1) is 0 Å². The van der Waals surface area contributed by atoms with Crippen LogP contribution in [0.4, 0.5) is 11.4 Å². The average molecular weight is 313 g/mol. The quantitative estimate of drug-likeness (QED) is 0.656. The fraction of sp³-hybridized carbons (Fsp3) is 0.385. The molecule has 7 nitrogen and oxygen atoms in total. The SMILES string of the molecule is O=C(O)C1CCC(C(=O)Nc2cc(Cl)ccc2[N+](=O)[O-])C1. The van der Waals surface area contributed by atoms with Gasteiger partial charge in [0.05, 0.1) is 10.8 Å². The smallest absolute Gasteiger partial charge is 0.306 e. The van der Waals surface area contributed by atoms with E-state index in [1.165, 1.54) is 18.2 Å². The zero-order chi connectivity index (χ0) is 15.6. The van der Waals surface area contributed by atoms with E-state index >= 15 is 0 Å². The van der Waals surface area contributed by atoms with Crippen LogP contribution in [0.5, 0.6) is 0 Å². The van der Waals surface area contributed by atoms with Crippen molar-refractivity contribution in [2.75, 3.05) is 5.32 Å². The number of hydrogen-bond acceptors (Lipinski definition) is 4. The second kappa shape index (κ2) is 6.09. The molecule has 1 aliphatic rings. The first-order chi connectivity index (χ1) is 9.88. The van der Waals surface area contributed by atoms with Crippen LogP contribution in [0.3, 0.4) is 0 Å². The lowest BCUT2D eigenvalue weighted by atomic mass is 10.0. The molecule has 2 unspecified atom stereocenters. The summed E-state index contributed by atoms with van der Waals surface area (Å²) in [5, 5.41) is 22.6. The number of anilines is 1. The number of nitro groups is 1. The number of carboxylic acid groups (broad SMARTS) is 1. The molecule has 0 aliphatic heterocycles. The summed E-state index contributed by atoms with van der Waals surface area (Å²) >= 11 is 5.78. The predicted octanol–water partition coefficient (Wildman–Crippen LogP) is 2.69. The lowest BCUT2D eigenvalue weighted by Gasteiger charge is -2.11. The fourth-order valence-corrected chi connectivity index (χ4v) is 2.62. The summed E-state index contributed by atoms with van der Waals surface area (Å²) in [6.45, 7) is 0. The van der Waals surface area contributed by atoms with Crippen molar-refractivity contribution < 1.29 is 19.6 Å². The average Bonchev–Trinajstić information content (AvgIpc) is 2.88. The summed E-state index contributed by atoms with van der Waals surface area (Å²) in [5.41, 5.74) is -0.225. The van der Waals surface area contributed by atoms with Gasteiger partial charge in [0, 0.05) is 17.0 Å².